The van der Waals surface area contributed by atoms with Gasteiger partial charge >= 0.3 is 0 Å². The van der Waals surface area contributed by atoms with Gasteiger partial charge in [-0.25, -0.2) is 0 Å². The number of nitrogens with two attached hydrogens (primary N) is 1. The van der Waals surface area contributed by atoms with Crippen molar-refractivity contribution in [3.8, 4) is 18.6 Å². The molecule has 3 rings (SSSR count). The van der Waals surface area contributed by atoms with Gasteiger partial charge in [-0.2, -0.15) is 0 Å². The Balaban J connectivity index is 0.000000411. The zero-order valence-electron chi connectivity index (χ0n) is 21.8. The number of aromatic amines is 1. The third-order valence-electron chi connectivity index (χ3n) is 5.86. The van der Waals surface area contributed by atoms with Crippen molar-refractivity contribution >= 4 is 23.0 Å². The number of phenols is 1. The summed E-state index contributed by atoms with van der Waals surface area (Å²) < 4.78 is 0.965. The van der Waals surface area contributed by atoms with E-state index in [2.05, 4.69) is 42.5 Å². The Morgan fingerprint density at radius 2 is 1.84 bits per heavy atom. The lowest BCUT2D eigenvalue weighted by Gasteiger charge is -2.22. The number of nitrogen functional groups attached to an aromatic ring is 1. The van der Waals surface area contributed by atoms with Gasteiger partial charge in [-0.15, -0.1) is 12.8 Å². The molecule has 0 aliphatic heterocycles. The van der Waals surface area contributed by atoms with Gasteiger partial charge in [0.25, 0.3) is 17.0 Å². The molecule has 1 aliphatic rings. The van der Waals surface area contributed by atoms with E-state index in [1.807, 2.05) is 12.2 Å². The molecule has 0 unspecified atom stereocenters. The van der Waals surface area contributed by atoms with E-state index in [1.54, 1.807) is 14.1 Å². The molecule has 0 saturated heterocycles. The average Bonchev–Trinajstić information content (AvgIpc) is 2.91. The van der Waals surface area contributed by atoms with Crippen LogP contribution in [0.2, 0.25) is 0 Å². The van der Waals surface area contributed by atoms with Crippen LogP contribution in [0.1, 0.15) is 42.5 Å². The lowest BCUT2D eigenvalue weighted by Crippen LogP contribution is -2.31. The maximum absolute atomic E-state index is 12.1. The van der Waals surface area contributed by atoms with E-state index in [4.69, 9.17) is 5.73 Å². The van der Waals surface area contributed by atoms with Crippen LogP contribution in [0.15, 0.2) is 64.7 Å². The Labute approximate surface area is 218 Å². The lowest BCUT2D eigenvalue weighted by molar-refractivity contribution is 0.0824. The maximum Gasteiger partial charge on any atom is 0.290 e. The zero-order chi connectivity index (χ0) is 28.1. The molecule has 2 aromatic rings. The molecule has 1 saturated carbocycles. The molecule has 0 spiro atoms. The number of carbonyl (C=O) groups is 1. The number of terminal acetylenes is 1. The molecule has 198 valence electrons. The summed E-state index contributed by atoms with van der Waals surface area (Å²) in [5.74, 6) is 0.0140. The number of H-pyrrole nitrogens is 1. The van der Waals surface area contributed by atoms with Crippen molar-refractivity contribution in [2.24, 2.45) is 13.0 Å². The maximum atomic E-state index is 12.1. The number of hydrogen-bond donors (Lipinski definition) is 4. The Morgan fingerprint density at radius 1 is 1.22 bits per heavy atom. The molecule has 37 heavy (non-hydrogen) atoms. The highest BCUT2D eigenvalue weighted by molar-refractivity contribution is 5.98. The van der Waals surface area contributed by atoms with Crippen LogP contribution in [0.25, 0.3) is 0 Å². The predicted molar refractivity (Wildman–Crippen MR) is 151 cm³/mol. The fourth-order valence-corrected chi connectivity index (χ4v) is 3.92. The largest absolute Gasteiger partial charge is 0.505 e. The second-order valence-electron chi connectivity index (χ2n) is 8.56. The number of phenolic OH excluding ortho intramolecular Hbond substituents is 1. The number of anilines is 3. The Bertz CT molecular complexity index is 1260. The van der Waals surface area contributed by atoms with E-state index < -0.39 is 17.0 Å². The third-order valence-corrected chi connectivity index (χ3v) is 5.86. The number of nitrogens with zero attached hydrogens (tertiary/aromatic N) is 2. The van der Waals surface area contributed by atoms with Gasteiger partial charge in [-0.1, -0.05) is 56.7 Å². The van der Waals surface area contributed by atoms with Crippen LogP contribution in [-0.2, 0) is 7.05 Å². The number of rotatable bonds is 6. The summed E-state index contributed by atoms with van der Waals surface area (Å²) in [5.41, 5.74) is 5.44. The van der Waals surface area contributed by atoms with Crippen LogP contribution in [0.5, 0.6) is 5.75 Å². The molecule has 1 aromatic carbocycles. The molecule has 1 heterocycles. The molecule has 1 fully saturated rings. The fraction of sp³-hybridized carbons (Fsp3) is 0.321. The molecule has 0 radical (unpaired) electrons. The molecule has 9 heteroatoms. The summed E-state index contributed by atoms with van der Waals surface area (Å²) >= 11 is 0. The number of allylic oxidation sites excluding steroid dienone is 4. The van der Waals surface area contributed by atoms with E-state index in [9.17, 15) is 19.5 Å². The van der Waals surface area contributed by atoms with Crippen molar-refractivity contribution < 1.29 is 9.90 Å². The highest BCUT2D eigenvalue weighted by Gasteiger charge is 2.18. The van der Waals surface area contributed by atoms with Gasteiger partial charge in [0.05, 0.1) is 11.3 Å². The molecule has 1 aliphatic carbocycles. The molecule has 1 amide bonds. The van der Waals surface area contributed by atoms with Gasteiger partial charge in [-0.3, -0.25) is 24.2 Å². The summed E-state index contributed by atoms with van der Waals surface area (Å²) in [6.07, 6.45) is 20.8. The normalized spacial score (nSPS) is 13.2. The number of carbonyl (C=O) groups excluding carboxylic acids is 1. The first kappa shape index (κ1) is 30.6. The quantitative estimate of drug-likeness (QED) is 0.266. The van der Waals surface area contributed by atoms with Crippen LogP contribution in [0.4, 0.5) is 17.1 Å². The number of hydrogen-bond acceptors (Lipinski definition) is 6. The Kier molecular flexibility index (Phi) is 12.3. The van der Waals surface area contributed by atoms with E-state index in [-0.39, 0.29) is 28.4 Å². The van der Waals surface area contributed by atoms with Crippen LogP contribution >= 0.6 is 0 Å². The number of para-hydroxylation sites is 1. The first-order valence-corrected chi connectivity index (χ1v) is 11.8. The summed E-state index contributed by atoms with van der Waals surface area (Å²) in [6.45, 7) is 7.56. The molecular formula is C28H37N5O4. The monoisotopic (exact) mass is 507 g/mol. The minimum atomic E-state index is -0.644. The van der Waals surface area contributed by atoms with Gasteiger partial charge in [-0.05, 0) is 36.5 Å². The number of aryl methyl sites for hydroxylation is 1. The second-order valence-corrected chi connectivity index (χ2v) is 8.56. The molecule has 9 nitrogen and oxygen atoms in total. The molecule has 0 bridgehead atoms. The SMILES string of the molecule is C#C.C=C/C=C(\C=C)C1CCCCC1.CN(C)C(=O)c1cccc(Nc2c(N)c(=O)[nH]n(C)c2=O)c1O. The van der Waals surface area contributed by atoms with E-state index >= 15 is 0 Å². The van der Waals surface area contributed by atoms with Gasteiger partial charge < -0.3 is 21.1 Å². The van der Waals surface area contributed by atoms with Gasteiger partial charge in [0.15, 0.2) is 5.75 Å². The first-order chi connectivity index (χ1) is 17.6. The minimum absolute atomic E-state index is 0.0558. The van der Waals surface area contributed by atoms with E-state index in [0.29, 0.717) is 0 Å². The average molecular weight is 508 g/mol. The highest BCUT2D eigenvalue weighted by Crippen LogP contribution is 2.31. The Morgan fingerprint density at radius 3 is 2.38 bits per heavy atom. The van der Waals surface area contributed by atoms with Crippen molar-refractivity contribution in [1.29, 1.82) is 0 Å². The van der Waals surface area contributed by atoms with Crippen molar-refractivity contribution in [2.75, 3.05) is 25.1 Å². The van der Waals surface area contributed by atoms with Crippen LogP contribution in [0.3, 0.4) is 0 Å². The topological polar surface area (TPSA) is 133 Å². The summed E-state index contributed by atoms with van der Waals surface area (Å²) in [5, 5.41) is 15.1. The summed E-state index contributed by atoms with van der Waals surface area (Å²) in [4.78, 5) is 37.0. The van der Waals surface area contributed by atoms with E-state index in [1.165, 1.54) is 67.8 Å². The minimum Gasteiger partial charge on any atom is -0.505 e. The number of nitrogens with one attached hydrogen (secondary N) is 2. The van der Waals surface area contributed by atoms with Crippen LogP contribution < -0.4 is 22.2 Å². The van der Waals surface area contributed by atoms with Crippen molar-refractivity contribution in [3.63, 3.8) is 0 Å². The fourth-order valence-electron chi connectivity index (χ4n) is 3.92. The van der Waals surface area contributed by atoms with Gasteiger partial charge in [0, 0.05) is 21.1 Å². The predicted octanol–water partition coefficient (Wildman–Crippen LogP) is 3.92. The second kappa shape index (κ2) is 14.8. The Hall–Kier alpha value is -4.45. The molecule has 0 atom stereocenters. The van der Waals surface area contributed by atoms with E-state index in [0.717, 1.165) is 10.6 Å². The number of amides is 1. The first-order valence-electron chi connectivity index (χ1n) is 11.8. The summed E-state index contributed by atoms with van der Waals surface area (Å²) in [6, 6.07) is 4.44. The number of aromatic hydroxyl groups is 1. The smallest absolute Gasteiger partial charge is 0.290 e. The summed E-state index contributed by atoms with van der Waals surface area (Å²) in [7, 11) is 4.46. The van der Waals surface area contributed by atoms with Gasteiger partial charge in [0.2, 0.25) is 0 Å². The zero-order valence-corrected chi connectivity index (χ0v) is 21.8. The van der Waals surface area contributed by atoms with Crippen LogP contribution in [0, 0.1) is 18.8 Å². The molecular weight excluding hydrogens is 470 g/mol. The van der Waals surface area contributed by atoms with Gasteiger partial charge in [0.1, 0.15) is 11.4 Å². The van der Waals surface area contributed by atoms with Crippen LogP contribution in [-0.4, -0.2) is 39.8 Å². The standard InChI is InChI=1S/C14H17N5O4.C12H18.C2H2/c1-18(2)13(22)7-5-4-6-8(11(7)20)16-10-9(15)12(21)17-19(3)14(10)23;1-3-8-11(4-2)12-9-6-5-7-10-12;1-2/h4-6,16,20H,15H2,1-3H3,(H,17,21);3-4,8,12H,1-2,5-7,9-10H2;1-2H/b;11-8+;. The van der Waals surface area contributed by atoms with Crippen molar-refractivity contribution in [1.82, 2.24) is 14.7 Å². The molecule has 5 N–H and O–H groups in total. The van der Waals surface area contributed by atoms with Crippen molar-refractivity contribution in [2.45, 2.75) is 32.1 Å². The third kappa shape index (κ3) is 8.04. The molecule has 1 aromatic heterocycles. The lowest BCUT2D eigenvalue weighted by atomic mass is 9.83. The number of benzene rings is 1. The van der Waals surface area contributed by atoms with Crippen molar-refractivity contribution in [3.05, 3.63) is 81.4 Å². The number of aromatic nitrogens is 2. The highest BCUT2D eigenvalue weighted by atomic mass is 16.3.